The second-order valence-corrected chi connectivity index (χ2v) is 6.93. The molecule has 1 N–H and O–H groups in total. The summed E-state index contributed by atoms with van der Waals surface area (Å²) in [6.45, 7) is 5.69. The minimum Gasteiger partial charge on any atom is -0.374 e. The molecule has 2 aliphatic heterocycles. The number of anilines is 1. The zero-order valence-corrected chi connectivity index (χ0v) is 14.8. The van der Waals surface area contributed by atoms with Crippen LogP contribution >= 0.6 is 0 Å². The molecule has 2 aliphatic rings. The van der Waals surface area contributed by atoms with Crippen molar-refractivity contribution in [1.82, 2.24) is 20.0 Å². The van der Waals surface area contributed by atoms with Crippen LogP contribution in [0, 0.1) is 0 Å². The number of nitrogens with zero attached hydrogens (tertiary/aromatic N) is 4. The summed E-state index contributed by atoms with van der Waals surface area (Å²) in [6.07, 6.45) is 5.43. The Hall–Kier alpha value is -1.44. The predicted octanol–water partition coefficient (Wildman–Crippen LogP) is 0.0594. The van der Waals surface area contributed by atoms with Gasteiger partial charge in [-0.2, -0.15) is 5.10 Å². The van der Waals surface area contributed by atoms with Gasteiger partial charge in [0.2, 0.25) is 0 Å². The van der Waals surface area contributed by atoms with E-state index in [9.17, 15) is 4.79 Å². The summed E-state index contributed by atoms with van der Waals surface area (Å²) < 4.78 is 7.25. The Labute approximate surface area is 143 Å². The molecular weight excluding hydrogens is 306 g/mol. The van der Waals surface area contributed by atoms with E-state index in [4.69, 9.17) is 4.74 Å². The maximum Gasteiger partial charge on any atom is 0.268 e. The van der Waals surface area contributed by atoms with E-state index in [0.717, 1.165) is 31.7 Å². The lowest BCUT2D eigenvalue weighted by atomic mass is 10.1. The molecule has 0 bridgehead atoms. The van der Waals surface area contributed by atoms with Gasteiger partial charge in [0.05, 0.1) is 24.6 Å². The molecule has 1 aromatic rings. The number of hydrogen-bond acceptors (Lipinski definition) is 6. The third-order valence-corrected chi connectivity index (χ3v) is 5.08. The Bertz CT molecular complexity index is 583. The smallest absolute Gasteiger partial charge is 0.268 e. The molecule has 3 rings (SSSR count). The van der Waals surface area contributed by atoms with Crippen molar-refractivity contribution in [2.45, 2.75) is 31.4 Å². The summed E-state index contributed by atoms with van der Waals surface area (Å²) in [7, 11) is 3.86. The van der Waals surface area contributed by atoms with E-state index in [0.29, 0.717) is 12.6 Å². The van der Waals surface area contributed by atoms with E-state index in [2.05, 4.69) is 27.3 Å². The first kappa shape index (κ1) is 17.4. The lowest BCUT2D eigenvalue weighted by molar-refractivity contribution is 0.0346. The number of piperidine rings is 1. The molecule has 1 atom stereocenters. The summed E-state index contributed by atoms with van der Waals surface area (Å²) in [5.74, 6) is 0. The molecule has 3 heterocycles. The van der Waals surface area contributed by atoms with Crippen molar-refractivity contribution >= 4 is 5.69 Å². The lowest BCUT2D eigenvalue weighted by Gasteiger charge is -2.35. The van der Waals surface area contributed by atoms with E-state index in [-0.39, 0.29) is 11.7 Å². The fourth-order valence-corrected chi connectivity index (χ4v) is 3.42. The first-order valence-corrected chi connectivity index (χ1v) is 8.93. The number of hydrogen-bond donors (Lipinski definition) is 1. The van der Waals surface area contributed by atoms with Crippen molar-refractivity contribution in [1.29, 1.82) is 0 Å². The zero-order valence-electron chi connectivity index (χ0n) is 14.8. The van der Waals surface area contributed by atoms with Crippen LogP contribution in [0.4, 0.5) is 5.69 Å². The number of morpholine rings is 1. The third kappa shape index (κ3) is 4.55. The van der Waals surface area contributed by atoms with Crippen LogP contribution in [-0.4, -0.2) is 73.2 Å². The van der Waals surface area contributed by atoms with Gasteiger partial charge >= 0.3 is 0 Å². The number of likely N-dealkylation sites (tertiary alicyclic amines) is 1. The summed E-state index contributed by atoms with van der Waals surface area (Å²) in [6, 6.07) is 2.30. The van der Waals surface area contributed by atoms with Gasteiger partial charge in [-0.05, 0) is 45.9 Å². The molecule has 0 aromatic carbocycles. The predicted molar refractivity (Wildman–Crippen MR) is 94.6 cm³/mol. The highest BCUT2D eigenvalue weighted by molar-refractivity contribution is 5.43. The maximum absolute atomic E-state index is 11.8. The second-order valence-electron chi connectivity index (χ2n) is 6.93. The quantitative estimate of drug-likeness (QED) is 0.821. The van der Waals surface area contributed by atoms with E-state index in [1.807, 2.05) is 0 Å². The van der Waals surface area contributed by atoms with Crippen LogP contribution in [0.15, 0.2) is 17.1 Å². The summed E-state index contributed by atoms with van der Waals surface area (Å²) in [5.41, 5.74) is 0.828. The van der Waals surface area contributed by atoms with Crippen molar-refractivity contribution in [2.75, 3.05) is 51.3 Å². The van der Waals surface area contributed by atoms with Crippen LogP contribution in [-0.2, 0) is 11.8 Å². The molecule has 0 aliphatic carbocycles. The van der Waals surface area contributed by atoms with Crippen LogP contribution in [0.25, 0.3) is 0 Å². The maximum atomic E-state index is 11.8. The summed E-state index contributed by atoms with van der Waals surface area (Å²) >= 11 is 0. The molecule has 1 aromatic heterocycles. The Balaban J connectivity index is 1.45. The van der Waals surface area contributed by atoms with Gasteiger partial charge in [-0.1, -0.05) is 0 Å². The molecule has 7 nitrogen and oxygen atoms in total. The molecule has 0 spiro atoms. The SMILES string of the molecule is CN1CCC(NCC[C@H]2CN(c3cnn(C)c(=O)c3)CCO2)CC1. The zero-order chi connectivity index (χ0) is 16.9. The molecule has 24 heavy (non-hydrogen) atoms. The van der Waals surface area contributed by atoms with Gasteiger partial charge in [0, 0.05) is 32.2 Å². The van der Waals surface area contributed by atoms with Crippen molar-refractivity contribution in [3.05, 3.63) is 22.6 Å². The van der Waals surface area contributed by atoms with Crippen molar-refractivity contribution in [3.63, 3.8) is 0 Å². The molecule has 134 valence electrons. The van der Waals surface area contributed by atoms with E-state index >= 15 is 0 Å². The largest absolute Gasteiger partial charge is 0.374 e. The van der Waals surface area contributed by atoms with E-state index < -0.39 is 0 Å². The van der Waals surface area contributed by atoms with Gasteiger partial charge in [0.1, 0.15) is 0 Å². The van der Waals surface area contributed by atoms with Crippen LogP contribution in [0.5, 0.6) is 0 Å². The highest BCUT2D eigenvalue weighted by atomic mass is 16.5. The molecule has 2 saturated heterocycles. The van der Waals surface area contributed by atoms with Gasteiger partial charge < -0.3 is 19.9 Å². The third-order valence-electron chi connectivity index (χ3n) is 5.08. The van der Waals surface area contributed by atoms with Crippen LogP contribution in [0.1, 0.15) is 19.3 Å². The molecule has 0 unspecified atom stereocenters. The average molecular weight is 335 g/mol. The molecule has 2 fully saturated rings. The summed E-state index contributed by atoms with van der Waals surface area (Å²) in [5, 5.41) is 7.78. The van der Waals surface area contributed by atoms with Gasteiger partial charge in [-0.15, -0.1) is 0 Å². The highest BCUT2D eigenvalue weighted by Gasteiger charge is 2.22. The summed E-state index contributed by atoms with van der Waals surface area (Å²) in [4.78, 5) is 16.4. The topological polar surface area (TPSA) is 62.6 Å². The molecule has 7 heteroatoms. The van der Waals surface area contributed by atoms with Gasteiger partial charge in [-0.25, -0.2) is 4.68 Å². The van der Waals surface area contributed by atoms with Crippen LogP contribution < -0.4 is 15.8 Å². The standard InChI is InChI=1S/C17H29N5O2/c1-20-7-4-14(5-8-20)18-6-3-16-13-22(9-10-24-16)15-11-17(23)21(2)19-12-15/h11-12,14,16,18H,3-10,13H2,1-2H3/t16-/m0/s1. The number of ether oxygens (including phenoxy) is 1. The van der Waals surface area contributed by atoms with E-state index in [1.54, 1.807) is 19.3 Å². The van der Waals surface area contributed by atoms with Crippen LogP contribution in [0.3, 0.4) is 0 Å². The van der Waals surface area contributed by atoms with Crippen molar-refractivity contribution < 1.29 is 4.74 Å². The Kier molecular flexibility index (Phi) is 5.86. The number of nitrogens with one attached hydrogen (secondary N) is 1. The fourth-order valence-electron chi connectivity index (χ4n) is 3.42. The van der Waals surface area contributed by atoms with Gasteiger partial charge in [0.15, 0.2) is 0 Å². The fraction of sp³-hybridized carbons (Fsp3) is 0.765. The number of aromatic nitrogens is 2. The lowest BCUT2D eigenvalue weighted by Crippen LogP contribution is -2.45. The highest BCUT2D eigenvalue weighted by Crippen LogP contribution is 2.16. The number of aryl methyl sites for hydroxylation is 1. The monoisotopic (exact) mass is 335 g/mol. The first-order chi connectivity index (χ1) is 11.6. The molecule has 0 saturated carbocycles. The van der Waals surface area contributed by atoms with Gasteiger partial charge in [-0.3, -0.25) is 4.79 Å². The Morgan fingerprint density at radius 1 is 1.29 bits per heavy atom. The van der Waals surface area contributed by atoms with Crippen LogP contribution in [0.2, 0.25) is 0 Å². The minimum absolute atomic E-state index is 0.0699. The molecule has 0 radical (unpaired) electrons. The average Bonchev–Trinajstić information content (AvgIpc) is 2.59. The molecule has 0 amide bonds. The minimum atomic E-state index is -0.0699. The normalized spacial score (nSPS) is 23.6. The van der Waals surface area contributed by atoms with Crippen molar-refractivity contribution in [3.8, 4) is 0 Å². The van der Waals surface area contributed by atoms with Gasteiger partial charge in [0.25, 0.3) is 5.56 Å². The Morgan fingerprint density at radius 3 is 2.83 bits per heavy atom. The number of rotatable bonds is 5. The first-order valence-electron chi connectivity index (χ1n) is 8.93. The van der Waals surface area contributed by atoms with Crippen molar-refractivity contribution in [2.24, 2.45) is 7.05 Å². The Morgan fingerprint density at radius 2 is 2.08 bits per heavy atom. The van der Waals surface area contributed by atoms with E-state index in [1.165, 1.54) is 30.6 Å². The molecular formula is C17H29N5O2. The second kappa shape index (κ2) is 8.09.